The van der Waals surface area contributed by atoms with Gasteiger partial charge in [0.15, 0.2) is 17.2 Å². The lowest BCUT2D eigenvalue weighted by atomic mass is 10.1. The first-order chi connectivity index (χ1) is 15.2. The number of benzene rings is 2. The highest BCUT2D eigenvalue weighted by Gasteiger charge is 2.26. The first-order valence-corrected chi connectivity index (χ1v) is 9.97. The zero-order chi connectivity index (χ0) is 23.4. The van der Waals surface area contributed by atoms with E-state index in [2.05, 4.69) is 4.99 Å². The molecule has 0 atom stereocenters. The van der Waals surface area contributed by atoms with Gasteiger partial charge in [0, 0.05) is 23.6 Å². The minimum Gasteiger partial charge on any atom is -0.493 e. The van der Waals surface area contributed by atoms with Crippen molar-refractivity contribution in [1.82, 2.24) is 0 Å². The highest BCUT2D eigenvalue weighted by molar-refractivity contribution is 6.32. The van der Waals surface area contributed by atoms with Crippen molar-refractivity contribution in [1.29, 1.82) is 0 Å². The van der Waals surface area contributed by atoms with Gasteiger partial charge in [-0.3, -0.25) is 14.9 Å². The molecule has 32 heavy (non-hydrogen) atoms. The third-order valence-electron chi connectivity index (χ3n) is 4.50. The highest BCUT2D eigenvalue weighted by Crippen LogP contribution is 2.37. The third kappa shape index (κ3) is 4.94. The predicted octanol–water partition coefficient (Wildman–Crippen LogP) is 4.62. The first kappa shape index (κ1) is 23.0. The Morgan fingerprint density at radius 1 is 1.31 bits per heavy atom. The molecule has 0 bridgehead atoms. The van der Waals surface area contributed by atoms with E-state index in [0.717, 1.165) is 0 Å². The van der Waals surface area contributed by atoms with E-state index in [4.69, 9.17) is 25.8 Å². The summed E-state index contributed by atoms with van der Waals surface area (Å²) in [6.45, 7) is 3.45. The molecule has 3 rings (SSSR count). The summed E-state index contributed by atoms with van der Waals surface area (Å²) in [5.41, 5.74) is 1.09. The minimum absolute atomic E-state index is 0.0305. The second kappa shape index (κ2) is 9.61. The third-order valence-corrected chi connectivity index (χ3v) is 4.78. The second-order valence-electron chi connectivity index (χ2n) is 6.85. The van der Waals surface area contributed by atoms with Gasteiger partial charge in [-0.1, -0.05) is 24.6 Å². The van der Waals surface area contributed by atoms with Crippen LogP contribution in [0.25, 0.3) is 6.08 Å². The fraction of sp³-hybridized carbons (Fsp3) is 0.227. The average Bonchev–Trinajstić information content (AvgIpc) is 3.10. The summed E-state index contributed by atoms with van der Waals surface area (Å²) in [6.07, 6.45) is 2.27. The number of carbonyl (C=O) groups is 2. The summed E-state index contributed by atoms with van der Waals surface area (Å²) in [6, 6.07) is 7.45. The van der Waals surface area contributed by atoms with Gasteiger partial charge in [0.05, 0.1) is 17.1 Å². The van der Waals surface area contributed by atoms with Crippen molar-refractivity contribution in [3.8, 4) is 11.5 Å². The van der Waals surface area contributed by atoms with Crippen molar-refractivity contribution >= 4 is 41.2 Å². The topological polar surface area (TPSA) is 117 Å². The van der Waals surface area contributed by atoms with Crippen LogP contribution in [0.2, 0.25) is 5.02 Å². The van der Waals surface area contributed by atoms with Crippen molar-refractivity contribution in [3.63, 3.8) is 0 Å². The summed E-state index contributed by atoms with van der Waals surface area (Å²) >= 11 is 6.26. The SMILES string of the molecule is CCCC(=O)Oc1c(Cl)cc(/C=C2\N=C(c3ccc(C)c([N+](=O)[O-])c3)OC2=O)cc1OC. The van der Waals surface area contributed by atoms with Crippen molar-refractivity contribution in [2.45, 2.75) is 26.7 Å². The van der Waals surface area contributed by atoms with Gasteiger partial charge in [-0.15, -0.1) is 0 Å². The van der Waals surface area contributed by atoms with E-state index in [-0.39, 0.29) is 40.2 Å². The van der Waals surface area contributed by atoms with Crippen LogP contribution in [0.5, 0.6) is 11.5 Å². The molecular formula is C22H19ClN2O7. The zero-order valence-corrected chi connectivity index (χ0v) is 18.3. The molecule has 0 spiro atoms. The molecule has 0 aliphatic carbocycles. The van der Waals surface area contributed by atoms with Crippen LogP contribution in [0.1, 0.15) is 36.5 Å². The Morgan fingerprint density at radius 3 is 2.72 bits per heavy atom. The summed E-state index contributed by atoms with van der Waals surface area (Å²) in [5, 5.41) is 11.3. The molecule has 10 heteroatoms. The van der Waals surface area contributed by atoms with Gasteiger partial charge in [0.25, 0.3) is 5.69 Å². The number of hydrogen-bond donors (Lipinski definition) is 0. The normalized spacial score (nSPS) is 14.2. The maximum Gasteiger partial charge on any atom is 0.363 e. The van der Waals surface area contributed by atoms with E-state index in [1.165, 1.54) is 31.4 Å². The first-order valence-electron chi connectivity index (χ1n) is 9.59. The molecule has 0 unspecified atom stereocenters. The molecule has 0 fully saturated rings. The molecule has 166 valence electrons. The van der Waals surface area contributed by atoms with Crippen molar-refractivity contribution < 1.29 is 28.7 Å². The van der Waals surface area contributed by atoms with E-state index in [0.29, 0.717) is 23.1 Å². The fourth-order valence-corrected chi connectivity index (χ4v) is 3.18. The van der Waals surface area contributed by atoms with Crippen molar-refractivity contribution in [3.05, 3.63) is 67.9 Å². The summed E-state index contributed by atoms with van der Waals surface area (Å²) in [5.74, 6) is -0.928. The van der Waals surface area contributed by atoms with Gasteiger partial charge in [-0.25, -0.2) is 9.79 Å². The van der Waals surface area contributed by atoms with Crippen LogP contribution in [0.3, 0.4) is 0 Å². The van der Waals surface area contributed by atoms with E-state index < -0.39 is 16.9 Å². The number of methoxy groups -OCH3 is 1. The molecule has 1 heterocycles. The minimum atomic E-state index is -0.725. The molecule has 0 N–H and O–H groups in total. The van der Waals surface area contributed by atoms with Crippen LogP contribution < -0.4 is 9.47 Å². The number of aryl methyl sites for hydroxylation is 1. The van der Waals surface area contributed by atoms with Crippen LogP contribution in [0.4, 0.5) is 5.69 Å². The van der Waals surface area contributed by atoms with Crippen LogP contribution >= 0.6 is 11.6 Å². The largest absolute Gasteiger partial charge is 0.493 e. The molecule has 2 aromatic rings. The Hall–Kier alpha value is -3.72. The molecule has 0 amide bonds. The number of nitro benzene ring substituents is 1. The number of nitrogens with zero attached hydrogens (tertiary/aromatic N) is 2. The number of aliphatic imine (C=N–C) groups is 1. The fourth-order valence-electron chi connectivity index (χ4n) is 2.92. The number of hydrogen-bond acceptors (Lipinski definition) is 8. The van der Waals surface area contributed by atoms with Crippen LogP contribution in [-0.4, -0.2) is 29.9 Å². The Kier molecular flexibility index (Phi) is 6.89. The van der Waals surface area contributed by atoms with E-state index in [9.17, 15) is 19.7 Å². The number of cyclic esters (lactones) is 1. The van der Waals surface area contributed by atoms with Crippen molar-refractivity contribution in [2.24, 2.45) is 4.99 Å². The van der Waals surface area contributed by atoms with Crippen molar-refractivity contribution in [2.75, 3.05) is 7.11 Å². The summed E-state index contributed by atoms with van der Waals surface area (Å²) in [7, 11) is 1.39. The quantitative estimate of drug-likeness (QED) is 0.195. The number of ether oxygens (including phenoxy) is 3. The monoisotopic (exact) mass is 458 g/mol. The molecule has 0 saturated heterocycles. The van der Waals surface area contributed by atoms with Gasteiger partial charge in [0.1, 0.15) is 0 Å². The standard InChI is InChI=1S/C22H19ClN2O7/c1-4-5-19(26)31-20-15(23)8-13(10-18(20)30-3)9-16-22(27)32-21(24-16)14-7-6-12(2)17(11-14)25(28)29/h6-11H,4-5H2,1-3H3/b16-9-. The molecule has 0 radical (unpaired) electrons. The lowest BCUT2D eigenvalue weighted by Crippen LogP contribution is -2.08. The Labute approximate surface area is 188 Å². The molecule has 0 saturated carbocycles. The Morgan fingerprint density at radius 2 is 2.06 bits per heavy atom. The lowest BCUT2D eigenvalue weighted by molar-refractivity contribution is -0.385. The molecule has 1 aliphatic rings. The lowest BCUT2D eigenvalue weighted by Gasteiger charge is -2.11. The predicted molar refractivity (Wildman–Crippen MR) is 117 cm³/mol. The van der Waals surface area contributed by atoms with Crippen LogP contribution in [0, 0.1) is 17.0 Å². The second-order valence-corrected chi connectivity index (χ2v) is 7.26. The van der Waals surface area contributed by atoms with E-state index >= 15 is 0 Å². The smallest absolute Gasteiger partial charge is 0.363 e. The van der Waals surface area contributed by atoms with E-state index in [1.807, 2.05) is 6.92 Å². The van der Waals surface area contributed by atoms with Gasteiger partial charge < -0.3 is 14.2 Å². The maximum atomic E-state index is 12.3. The number of esters is 2. The summed E-state index contributed by atoms with van der Waals surface area (Å²) < 4.78 is 15.7. The molecular weight excluding hydrogens is 440 g/mol. The molecule has 9 nitrogen and oxygen atoms in total. The zero-order valence-electron chi connectivity index (χ0n) is 17.5. The van der Waals surface area contributed by atoms with Gasteiger partial charge in [-0.05, 0) is 43.2 Å². The van der Waals surface area contributed by atoms with Gasteiger partial charge in [0.2, 0.25) is 5.90 Å². The average molecular weight is 459 g/mol. The number of rotatable bonds is 7. The van der Waals surface area contributed by atoms with Crippen LogP contribution in [-0.2, 0) is 14.3 Å². The van der Waals surface area contributed by atoms with Crippen LogP contribution in [0.15, 0.2) is 41.0 Å². The molecule has 2 aromatic carbocycles. The van der Waals surface area contributed by atoms with Gasteiger partial charge in [-0.2, -0.15) is 0 Å². The maximum absolute atomic E-state index is 12.3. The Balaban J connectivity index is 1.94. The summed E-state index contributed by atoms with van der Waals surface area (Å²) in [4.78, 5) is 38.9. The number of carbonyl (C=O) groups excluding carboxylic acids is 2. The molecule has 0 aromatic heterocycles. The number of nitro groups is 1. The Bertz CT molecular complexity index is 1170. The molecule has 1 aliphatic heterocycles. The number of halogens is 1. The highest BCUT2D eigenvalue weighted by atomic mass is 35.5. The van der Waals surface area contributed by atoms with E-state index in [1.54, 1.807) is 19.1 Å². The van der Waals surface area contributed by atoms with Gasteiger partial charge >= 0.3 is 11.9 Å².